The number of methoxy groups -OCH3 is 1. The van der Waals surface area contributed by atoms with E-state index in [0.717, 1.165) is 12.8 Å². The van der Waals surface area contributed by atoms with Crippen LogP contribution >= 0.6 is 0 Å². The van der Waals surface area contributed by atoms with Crippen LogP contribution in [-0.4, -0.2) is 74.2 Å². The zero-order valence-electron chi connectivity index (χ0n) is 29.0. The first-order chi connectivity index (χ1) is 21.2. The molecule has 1 aromatic carbocycles. The number of hydrogen-bond donors (Lipinski definition) is 4. The fourth-order valence-electron chi connectivity index (χ4n) is 4.78. The number of ether oxygens (including phenoxy) is 3. The highest BCUT2D eigenvalue weighted by Gasteiger charge is 2.33. The molecule has 0 aliphatic rings. The van der Waals surface area contributed by atoms with Crippen LogP contribution in [-0.2, 0) is 14.3 Å². The van der Waals surface area contributed by atoms with Crippen molar-refractivity contribution in [3.8, 4) is 5.75 Å². The minimum atomic E-state index is -1.01. The number of carbonyl (C=O) groups is 3. The smallest absolute Gasteiger partial charge is 0.407 e. The van der Waals surface area contributed by atoms with Crippen molar-refractivity contribution in [1.29, 1.82) is 0 Å². The van der Waals surface area contributed by atoms with Crippen molar-refractivity contribution in [1.82, 2.24) is 16.0 Å². The second-order valence-corrected chi connectivity index (χ2v) is 13.2. The maximum atomic E-state index is 13.3. The quantitative estimate of drug-likeness (QED) is 0.110. The van der Waals surface area contributed by atoms with Crippen LogP contribution in [0.2, 0.25) is 0 Å². The van der Waals surface area contributed by atoms with Gasteiger partial charge >= 0.3 is 6.09 Å². The van der Waals surface area contributed by atoms with Gasteiger partial charge in [-0.2, -0.15) is 0 Å². The van der Waals surface area contributed by atoms with E-state index >= 15 is 0 Å². The van der Waals surface area contributed by atoms with Gasteiger partial charge in [0.1, 0.15) is 18.0 Å². The highest BCUT2D eigenvalue weighted by Crippen LogP contribution is 2.25. The molecule has 0 aliphatic carbocycles. The maximum absolute atomic E-state index is 13.3. The first kappa shape index (κ1) is 39.9. The Kier molecular flexibility index (Phi) is 18.5. The Bertz CT molecular complexity index is 1050. The third kappa shape index (κ3) is 16.1. The summed E-state index contributed by atoms with van der Waals surface area (Å²) in [7, 11) is 1.61. The predicted octanol–water partition coefficient (Wildman–Crippen LogP) is 5.49. The van der Waals surface area contributed by atoms with Crippen LogP contribution in [0.3, 0.4) is 0 Å². The number of benzene rings is 1. The summed E-state index contributed by atoms with van der Waals surface area (Å²) < 4.78 is 16.3. The molecule has 4 N–H and O–H groups in total. The van der Waals surface area contributed by atoms with Crippen LogP contribution in [0.4, 0.5) is 4.79 Å². The van der Waals surface area contributed by atoms with Crippen molar-refractivity contribution < 1.29 is 33.7 Å². The molecule has 45 heavy (non-hydrogen) atoms. The van der Waals surface area contributed by atoms with E-state index in [1.54, 1.807) is 46.1 Å². The number of amides is 3. The molecule has 0 fully saturated rings. The van der Waals surface area contributed by atoms with Crippen molar-refractivity contribution in [2.75, 3.05) is 33.4 Å². The monoisotopic (exact) mass is 633 g/mol. The fourth-order valence-corrected chi connectivity index (χ4v) is 4.78. The number of nitrogens with one attached hydrogen (secondary N) is 3. The number of para-hydroxylation sites is 1. The van der Waals surface area contributed by atoms with Crippen molar-refractivity contribution in [2.45, 2.75) is 98.8 Å². The molecular formula is C35H59N3O7. The lowest BCUT2D eigenvalue weighted by Crippen LogP contribution is -2.49. The third-order valence-corrected chi connectivity index (χ3v) is 7.55. The van der Waals surface area contributed by atoms with Crippen molar-refractivity contribution in [3.63, 3.8) is 0 Å². The molecule has 0 saturated heterocycles. The zero-order valence-corrected chi connectivity index (χ0v) is 29.0. The van der Waals surface area contributed by atoms with E-state index in [0.29, 0.717) is 44.0 Å². The van der Waals surface area contributed by atoms with Crippen LogP contribution in [0.1, 0.15) is 91.4 Å². The average molecular weight is 634 g/mol. The molecule has 0 bridgehead atoms. The normalized spacial score (nSPS) is 14.6. The van der Waals surface area contributed by atoms with Crippen LogP contribution in [0.15, 0.2) is 36.4 Å². The molecule has 1 rings (SSSR count). The highest BCUT2D eigenvalue weighted by molar-refractivity contribution is 5.96. The Morgan fingerprint density at radius 3 is 2.22 bits per heavy atom. The SMILES string of the molecule is CCCCNC(=O)C(CC(O)C(CC(CNC(=O)c1ccccc1OCC=CCOC)C(C)C)NC(=O)OC(C)(C)C)C(C)C. The van der Waals surface area contributed by atoms with Gasteiger partial charge in [-0.1, -0.05) is 59.2 Å². The number of unbranched alkanes of at least 4 members (excludes halogenated alkanes) is 1. The van der Waals surface area contributed by atoms with Gasteiger partial charge in [-0.15, -0.1) is 0 Å². The second kappa shape index (κ2) is 20.8. The van der Waals surface area contributed by atoms with Crippen molar-refractivity contribution in [2.24, 2.45) is 23.7 Å². The molecule has 0 spiro atoms. The summed E-state index contributed by atoms with van der Waals surface area (Å²) in [5.41, 5.74) is -0.308. The van der Waals surface area contributed by atoms with Crippen LogP contribution < -0.4 is 20.7 Å². The molecule has 4 atom stereocenters. The number of aliphatic hydroxyl groups excluding tert-OH is 1. The van der Waals surface area contributed by atoms with E-state index in [1.165, 1.54) is 0 Å². The van der Waals surface area contributed by atoms with Gasteiger partial charge < -0.3 is 35.3 Å². The zero-order chi connectivity index (χ0) is 34.0. The standard InChI is InChI=1S/C35H59N3O7/c1-10-11-18-36-33(41)28(25(4)5)22-30(39)29(38-34(42)45-35(6,7)8)21-26(24(2)3)23-37-32(40)27-16-12-13-17-31(27)44-20-15-14-19-43-9/h12-17,24-26,28-30,39H,10-11,18-23H2,1-9H3,(H,36,41)(H,37,40)(H,38,42). The summed E-state index contributed by atoms with van der Waals surface area (Å²) in [5.74, 6) is -0.357. The summed E-state index contributed by atoms with van der Waals surface area (Å²) in [6, 6.07) is 6.35. The number of carbonyl (C=O) groups excluding carboxylic acids is 3. The number of hydrogen-bond acceptors (Lipinski definition) is 7. The molecule has 256 valence electrons. The predicted molar refractivity (Wildman–Crippen MR) is 178 cm³/mol. The lowest BCUT2D eigenvalue weighted by atomic mass is 9.82. The highest BCUT2D eigenvalue weighted by atomic mass is 16.6. The molecule has 0 aliphatic heterocycles. The van der Waals surface area contributed by atoms with E-state index in [4.69, 9.17) is 14.2 Å². The summed E-state index contributed by atoms with van der Waals surface area (Å²) in [6.45, 7) is 17.0. The van der Waals surface area contributed by atoms with Gasteiger partial charge in [0.15, 0.2) is 0 Å². The van der Waals surface area contributed by atoms with E-state index in [2.05, 4.69) is 22.9 Å². The Morgan fingerprint density at radius 1 is 0.956 bits per heavy atom. The maximum Gasteiger partial charge on any atom is 0.407 e. The van der Waals surface area contributed by atoms with Crippen LogP contribution in [0.25, 0.3) is 0 Å². The Morgan fingerprint density at radius 2 is 1.62 bits per heavy atom. The number of alkyl carbamates (subject to hydrolysis) is 1. The Hall–Kier alpha value is -3.11. The largest absolute Gasteiger partial charge is 0.489 e. The number of rotatable bonds is 20. The molecule has 1 aromatic rings. The Balaban J connectivity index is 3.10. The van der Waals surface area contributed by atoms with Gasteiger partial charge in [0.25, 0.3) is 5.91 Å². The van der Waals surface area contributed by atoms with Gasteiger partial charge in [0.05, 0.1) is 24.3 Å². The lowest BCUT2D eigenvalue weighted by molar-refractivity contribution is -0.127. The topological polar surface area (TPSA) is 135 Å². The van der Waals surface area contributed by atoms with Crippen molar-refractivity contribution in [3.05, 3.63) is 42.0 Å². The molecule has 10 heteroatoms. The van der Waals surface area contributed by atoms with E-state index in [9.17, 15) is 19.5 Å². The second-order valence-electron chi connectivity index (χ2n) is 13.2. The van der Waals surface area contributed by atoms with E-state index in [-0.39, 0.29) is 36.0 Å². The summed E-state index contributed by atoms with van der Waals surface area (Å²) in [6.07, 6.45) is 4.40. The lowest BCUT2D eigenvalue weighted by Gasteiger charge is -2.33. The molecular weight excluding hydrogens is 574 g/mol. The molecule has 0 saturated carbocycles. The molecule has 3 amide bonds. The fraction of sp³-hybridized carbons (Fsp3) is 0.686. The summed E-state index contributed by atoms with van der Waals surface area (Å²) in [5, 5.41) is 20.4. The minimum absolute atomic E-state index is 0.0126. The van der Waals surface area contributed by atoms with Crippen LogP contribution in [0, 0.1) is 23.7 Å². The van der Waals surface area contributed by atoms with Gasteiger partial charge in [0.2, 0.25) is 5.91 Å². The first-order valence-electron chi connectivity index (χ1n) is 16.3. The molecule has 0 heterocycles. The van der Waals surface area contributed by atoms with Crippen molar-refractivity contribution >= 4 is 17.9 Å². The van der Waals surface area contributed by atoms with Gasteiger partial charge in [-0.05, 0) is 76.0 Å². The average Bonchev–Trinajstić information content (AvgIpc) is 2.95. The van der Waals surface area contributed by atoms with E-state index in [1.807, 2.05) is 45.9 Å². The molecule has 4 unspecified atom stereocenters. The van der Waals surface area contributed by atoms with Crippen LogP contribution in [0.5, 0.6) is 5.75 Å². The van der Waals surface area contributed by atoms with Gasteiger partial charge in [-0.25, -0.2) is 4.79 Å². The van der Waals surface area contributed by atoms with Gasteiger partial charge in [-0.3, -0.25) is 9.59 Å². The van der Waals surface area contributed by atoms with E-state index < -0.39 is 29.8 Å². The van der Waals surface area contributed by atoms with Gasteiger partial charge in [0, 0.05) is 26.1 Å². The number of aliphatic hydroxyl groups is 1. The molecule has 0 aromatic heterocycles. The first-order valence-corrected chi connectivity index (χ1v) is 16.3. The summed E-state index contributed by atoms with van der Waals surface area (Å²) in [4.78, 5) is 39.1. The third-order valence-electron chi connectivity index (χ3n) is 7.55. The minimum Gasteiger partial charge on any atom is -0.489 e. The Labute approximate surface area is 271 Å². The molecule has 0 radical (unpaired) electrons. The summed E-state index contributed by atoms with van der Waals surface area (Å²) >= 11 is 0. The molecule has 10 nitrogen and oxygen atoms in total.